The van der Waals surface area contributed by atoms with Crippen molar-refractivity contribution in [3.8, 4) is 5.75 Å². The first kappa shape index (κ1) is 20.4. The van der Waals surface area contributed by atoms with Crippen molar-refractivity contribution in [2.75, 3.05) is 26.2 Å². The van der Waals surface area contributed by atoms with Gasteiger partial charge in [0.05, 0.1) is 0 Å². The van der Waals surface area contributed by atoms with Crippen molar-refractivity contribution in [1.82, 2.24) is 10.2 Å². The maximum atomic E-state index is 12.1. The molecule has 1 aromatic carbocycles. The van der Waals surface area contributed by atoms with Crippen molar-refractivity contribution >= 4 is 24.8 Å². The van der Waals surface area contributed by atoms with Crippen molar-refractivity contribution in [1.29, 1.82) is 0 Å². The average molecular weight is 343 g/mol. The molecule has 122 valence electrons. The van der Waals surface area contributed by atoms with Crippen LogP contribution in [-0.2, 0) is 0 Å². The topological polar surface area (TPSA) is 24.5 Å². The Balaban J connectivity index is 0.00000200. The lowest BCUT2D eigenvalue weighted by Crippen LogP contribution is -2.45. The van der Waals surface area contributed by atoms with E-state index >= 15 is 0 Å². The largest absolute Gasteiger partial charge is 0.435 e. The number of nitrogens with zero attached hydrogens (tertiary/aromatic N) is 1. The molecule has 2 rings (SSSR count). The summed E-state index contributed by atoms with van der Waals surface area (Å²) in [5, 5.41) is 3.33. The van der Waals surface area contributed by atoms with E-state index in [1.165, 1.54) is 0 Å². The monoisotopic (exact) mass is 342 g/mol. The van der Waals surface area contributed by atoms with Crippen LogP contribution in [0.15, 0.2) is 24.3 Å². The van der Waals surface area contributed by atoms with Gasteiger partial charge in [0.2, 0.25) is 0 Å². The standard InChI is InChI=1S/C14H20F2N2O.2ClH/c1-2-13(18-9-7-17-8-10-18)11-3-5-12(6-4-11)19-14(15)16;;/h3-6,13-14,17H,2,7-10H2,1H3;2*1H/t13-;;/m1../s1. The van der Waals surface area contributed by atoms with E-state index in [1.807, 2.05) is 12.1 Å². The summed E-state index contributed by atoms with van der Waals surface area (Å²) < 4.78 is 28.6. The molecular formula is C14H22Cl2F2N2O. The molecule has 3 nitrogen and oxygen atoms in total. The highest BCUT2D eigenvalue weighted by atomic mass is 35.5. The third-order valence-corrected chi connectivity index (χ3v) is 3.47. The minimum Gasteiger partial charge on any atom is -0.435 e. The zero-order valence-electron chi connectivity index (χ0n) is 11.9. The van der Waals surface area contributed by atoms with Crippen LogP contribution in [0.1, 0.15) is 24.9 Å². The van der Waals surface area contributed by atoms with Gasteiger partial charge in [-0.25, -0.2) is 0 Å². The molecule has 0 saturated carbocycles. The van der Waals surface area contributed by atoms with Gasteiger partial charge in [-0.15, -0.1) is 24.8 Å². The predicted octanol–water partition coefficient (Wildman–Crippen LogP) is 3.49. The van der Waals surface area contributed by atoms with Crippen molar-refractivity contribution < 1.29 is 13.5 Å². The Hall–Kier alpha value is -0.620. The molecule has 1 N–H and O–H groups in total. The number of benzene rings is 1. The lowest BCUT2D eigenvalue weighted by Gasteiger charge is -2.34. The fourth-order valence-corrected chi connectivity index (χ4v) is 2.57. The smallest absolute Gasteiger partial charge is 0.387 e. The Morgan fingerprint density at radius 3 is 2.19 bits per heavy atom. The summed E-state index contributed by atoms with van der Waals surface area (Å²) in [7, 11) is 0. The summed E-state index contributed by atoms with van der Waals surface area (Å²) in [6.45, 7) is 3.44. The molecule has 1 aliphatic rings. The van der Waals surface area contributed by atoms with Gasteiger partial charge < -0.3 is 10.1 Å². The van der Waals surface area contributed by atoms with Crippen molar-refractivity contribution in [3.63, 3.8) is 0 Å². The van der Waals surface area contributed by atoms with Crippen LogP contribution in [0.4, 0.5) is 8.78 Å². The molecule has 0 spiro atoms. The fourth-order valence-electron chi connectivity index (χ4n) is 2.57. The van der Waals surface area contributed by atoms with Gasteiger partial charge in [0, 0.05) is 32.2 Å². The minimum atomic E-state index is -2.76. The van der Waals surface area contributed by atoms with Crippen LogP contribution in [0.2, 0.25) is 0 Å². The SMILES string of the molecule is CC[C@H](c1ccc(OC(F)F)cc1)N1CCNCC1.Cl.Cl. The Labute approximate surface area is 136 Å². The quantitative estimate of drug-likeness (QED) is 0.886. The molecule has 1 fully saturated rings. The van der Waals surface area contributed by atoms with Gasteiger partial charge in [-0.3, -0.25) is 4.90 Å². The van der Waals surface area contributed by atoms with E-state index in [0.29, 0.717) is 6.04 Å². The van der Waals surface area contributed by atoms with Gasteiger partial charge in [0.25, 0.3) is 0 Å². The van der Waals surface area contributed by atoms with E-state index in [0.717, 1.165) is 38.2 Å². The summed E-state index contributed by atoms with van der Waals surface area (Å²) in [6, 6.07) is 7.35. The summed E-state index contributed by atoms with van der Waals surface area (Å²) in [4.78, 5) is 2.43. The Morgan fingerprint density at radius 1 is 1.14 bits per heavy atom. The van der Waals surface area contributed by atoms with Gasteiger partial charge in [0.1, 0.15) is 5.75 Å². The van der Waals surface area contributed by atoms with Crippen molar-refractivity contribution in [2.45, 2.75) is 26.0 Å². The molecule has 0 unspecified atom stereocenters. The van der Waals surface area contributed by atoms with Crippen LogP contribution >= 0.6 is 24.8 Å². The molecule has 0 bridgehead atoms. The first-order chi connectivity index (χ1) is 9.20. The normalized spacial score (nSPS) is 16.8. The molecule has 1 aliphatic heterocycles. The Kier molecular flexibility index (Phi) is 9.86. The zero-order chi connectivity index (χ0) is 13.7. The molecule has 7 heteroatoms. The molecule has 0 aliphatic carbocycles. The van der Waals surface area contributed by atoms with Crippen LogP contribution in [0, 0.1) is 0 Å². The molecule has 0 amide bonds. The molecule has 1 heterocycles. The lowest BCUT2D eigenvalue weighted by molar-refractivity contribution is -0.0498. The van der Waals surface area contributed by atoms with Gasteiger partial charge in [0.15, 0.2) is 0 Å². The summed E-state index contributed by atoms with van der Waals surface area (Å²) >= 11 is 0. The van der Waals surface area contributed by atoms with Gasteiger partial charge >= 0.3 is 6.61 Å². The fraction of sp³-hybridized carbons (Fsp3) is 0.571. The minimum absolute atomic E-state index is 0. The van der Waals surface area contributed by atoms with Crippen molar-refractivity contribution in [2.24, 2.45) is 0 Å². The second kappa shape index (κ2) is 10.2. The summed E-state index contributed by atoms with van der Waals surface area (Å²) in [5.41, 5.74) is 1.16. The lowest BCUT2D eigenvalue weighted by atomic mass is 10.0. The first-order valence-electron chi connectivity index (χ1n) is 6.70. The van der Waals surface area contributed by atoms with Crippen LogP contribution in [0.3, 0.4) is 0 Å². The van der Waals surface area contributed by atoms with Gasteiger partial charge in [-0.05, 0) is 24.1 Å². The Morgan fingerprint density at radius 2 is 1.71 bits per heavy atom. The molecule has 21 heavy (non-hydrogen) atoms. The molecule has 0 aromatic heterocycles. The summed E-state index contributed by atoms with van der Waals surface area (Å²) in [5.74, 6) is 0.217. The molecule has 0 radical (unpaired) electrons. The number of ether oxygens (including phenoxy) is 1. The van der Waals surface area contributed by atoms with E-state index in [-0.39, 0.29) is 30.6 Å². The predicted molar refractivity (Wildman–Crippen MR) is 85.0 cm³/mol. The number of hydrogen-bond acceptors (Lipinski definition) is 3. The number of alkyl halides is 2. The number of rotatable bonds is 5. The van der Waals surface area contributed by atoms with E-state index in [2.05, 4.69) is 21.9 Å². The van der Waals surface area contributed by atoms with Crippen LogP contribution < -0.4 is 10.1 Å². The van der Waals surface area contributed by atoms with E-state index in [9.17, 15) is 8.78 Å². The highest BCUT2D eigenvalue weighted by molar-refractivity contribution is 5.85. The molecular weight excluding hydrogens is 321 g/mol. The van der Waals surface area contributed by atoms with Crippen molar-refractivity contribution in [3.05, 3.63) is 29.8 Å². The van der Waals surface area contributed by atoms with Gasteiger partial charge in [-0.1, -0.05) is 19.1 Å². The van der Waals surface area contributed by atoms with Crippen LogP contribution in [-0.4, -0.2) is 37.7 Å². The number of nitrogens with one attached hydrogen (secondary N) is 1. The number of piperazine rings is 1. The Bertz CT molecular complexity index is 387. The summed E-state index contributed by atoms with van der Waals surface area (Å²) in [6.07, 6.45) is 1.01. The maximum absolute atomic E-state index is 12.1. The van der Waals surface area contributed by atoms with Gasteiger partial charge in [-0.2, -0.15) is 8.78 Å². The molecule has 1 atom stereocenters. The number of hydrogen-bond donors (Lipinski definition) is 1. The maximum Gasteiger partial charge on any atom is 0.387 e. The number of halogens is 4. The second-order valence-corrected chi connectivity index (χ2v) is 4.66. The average Bonchev–Trinajstić information content (AvgIpc) is 2.42. The zero-order valence-corrected chi connectivity index (χ0v) is 13.6. The third-order valence-electron chi connectivity index (χ3n) is 3.47. The van der Waals surface area contributed by atoms with Crippen LogP contribution in [0.25, 0.3) is 0 Å². The third kappa shape index (κ3) is 5.94. The van der Waals surface area contributed by atoms with E-state index < -0.39 is 6.61 Å². The highest BCUT2D eigenvalue weighted by Crippen LogP contribution is 2.26. The highest BCUT2D eigenvalue weighted by Gasteiger charge is 2.20. The van der Waals surface area contributed by atoms with Crippen LogP contribution in [0.5, 0.6) is 5.75 Å². The second-order valence-electron chi connectivity index (χ2n) is 4.66. The molecule has 1 saturated heterocycles. The molecule has 1 aromatic rings. The van der Waals surface area contributed by atoms with E-state index in [4.69, 9.17) is 0 Å². The first-order valence-corrected chi connectivity index (χ1v) is 6.70. The van der Waals surface area contributed by atoms with E-state index in [1.54, 1.807) is 12.1 Å².